The number of aromatic nitrogens is 2. The zero-order chi connectivity index (χ0) is 16.2. The Morgan fingerprint density at radius 1 is 1.17 bits per heavy atom. The van der Waals surface area contributed by atoms with E-state index in [4.69, 9.17) is 5.11 Å². The Hall–Kier alpha value is -1.85. The number of carbonyl (C=O) groups excluding carboxylic acids is 1. The quantitative estimate of drug-likeness (QED) is 0.905. The van der Waals surface area contributed by atoms with Gasteiger partial charge in [-0.15, -0.1) is 0 Å². The Morgan fingerprint density at radius 3 is 2.48 bits per heavy atom. The first kappa shape index (κ1) is 16.0. The maximum absolute atomic E-state index is 12.3. The van der Waals surface area contributed by atoms with Crippen LogP contribution in [-0.2, 0) is 4.79 Å². The van der Waals surface area contributed by atoms with Crippen LogP contribution >= 0.6 is 0 Å². The highest BCUT2D eigenvalue weighted by Crippen LogP contribution is 2.29. The van der Waals surface area contributed by atoms with Gasteiger partial charge < -0.3 is 10.0 Å². The van der Waals surface area contributed by atoms with Crippen LogP contribution in [0, 0.1) is 5.92 Å². The van der Waals surface area contributed by atoms with Crippen molar-refractivity contribution in [2.75, 3.05) is 13.1 Å². The largest absolute Gasteiger partial charge is 0.478 e. The molecule has 1 amide bonds. The molecule has 1 N–H and O–H groups in total. The van der Waals surface area contributed by atoms with Crippen LogP contribution in [0.15, 0.2) is 12.4 Å². The first-order chi connectivity index (χ1) is 11.1. The number of carboxylic acid groups (broad SMARTS) is 1. The zero-order valence-corrected chi connectivity index (χ0v) is 13.5. The van der Waals surface area contributed by atoms with Crippen molar-refractivity contribution in [1.82, 2.24) is 14.7 Å². The molecule has 1 saturated carbocycles. The Kier molecular flexibility index (Phi) is 4.98. The van der Waals surface area contributed by atoms with Gasteiger partial charge in [-0.1, -0.05) is 25.7 Å². The molecule has 0 bridgehead atoms. The van der Waals surface area contributed by atoms with Gasteiger partial charge in [0.1, 0.15) is 0 Å². The molecule has 2 fully saturated rings. The van der Waals surface area contributed by atoms with Crippen molar-refractivity contribution in [2.45, 2.75) is 57.4 Å². The number of carboxylic acids is 1. The van der Waals surface area contributed by atoms with Gasteiger partial charge in [-0.25, -0.2) is 4.79 Å². The number of carbonyl (C=O) groups is 2. The standard InChI is InChI=1S/C17H25N3O3/c21-16(6-5-13-3-1-2-4-13)19-9-7-15(8-10-19)20-12-14(11-18-20)17(22)23/h11-13,15H,1-10H2,(H,22,23). The summed E-state index contributed by atoms with van der Waals surface area (Å²) in [6.07, 6.45) is 11.6. The highest BCUT2D eigenvalue weighted by Gasteiger charge is 2.25. The molecule has 6 nitrogen and oxygen atoms in total. The molecule has 1 aromatic heterocycles. The normalized spacial score (nSPS) is 20.1. The van der Waals surface area contributed by atoms with E-state index < -0.39 is 5.97 Å². The molecule has 23 heavy (non-hydrogen) atoms. The zero-order valence-electron chi connectivity index (χ0n) is 13.5. The monoisotopic (exact) mass is 319 g/mol. The first-order valence-corrected chi connectivity index (χ1v) is 8.68. The number of nitrogens with zero attached hydrogens (tertiary/aromatic N) is 3. The van der Waals surface area contributed by atoms with Crippen LogP contribution in [0.1, 0.15) is 67.8 Å². The van der Waals surface area contributed by atoms with Crippen molar-refractivity contribution in [2.24, 2.45) is 5.92 Å². The summed E-state index contributed by atoms with van der Waals surface area (Å²) >= 11 is 0. The number of piperidine rings is 1. The fourth-order valence-electron chi connectivity index (χ4n) is 3.81. The van der Waals surface area contributed by atoms with E-state index in [-0.39, 0.29) is 17.5 Å². The summed E-state index contributed by atoms with van der Waals surface area (Å²) in [6.45, 7) is 1.49. The predicted octanol–water partition coefficient (Wildman–Crippen LogP) is 2.72. The summed E-state index contributed by atoms with van der Waals surface area (Å²) in [5.74, 6) is 0.0906. The number of hydrogen-bond donors (Lipinski definition) is 1. The van der Waals surface area contributed by atoms with E-state index >= 15 is 0 Å². The molecule has 0 atom stereocenters. The second kappa shape index (κ2) is 7.15. The van der Waals surface area contributed by atoms with Crippen LogP contribution in [0.25, 0.3) is 0 Å². The van der Waals surface area contributed by atoms with Gasteiger partial charge in [0.05, 0.1) is 17.8 Å². The second-order valence-corrected chi connectivity index (χ2v) is 6.82. The van der Waals surface area contributed by atoms with Crippen LogP contribution < -0.4 is 0 Å². The number of likely N-dealkylation sites (tertiary alicyclic amines) is 1. The molecular weight excluding hydrogens is 294 g/mol. The van der Waals surface area contributed by atoms with E-state index in [0.29, 0.717) is 6.42 Å². The van der Waals surface area contributed by atoms with E-state index in [1.54, 1.807) is 10.9 Å². The van der Waals surface area contributed by atoms with Gasteiger partial charge in [0, 0.05) is 25.7 Å². The second-order valence-electron chi connectivity index (χ2n) is 6.82. The lowest BCUT2D eigenvalue weighted by atomic mass is 10.00. The van der Waals surface area contributed by atoms with E-state index in [0.717, 1.165) is 38.3 Å². The lowest BCUT2D eigenvalue weighted by Gasteiger charge is -2.32. The summed E-state index contributed by atoms with van der Waals surface area (Å²) in [5.41, 5.74) is 0.222. The molecule has 126 valence electrons. The Morgan fingerprint density at radius 2 is 1.87 bits per heavy atom. The van der Waals surface area contributed by atoms with Crippen molar-refractivity contribution in [3.8, 4) is 0 Å². The lowest BCUT2D eigenvalue weighted by molar-refractivity contribution is -0.132. The Balaban J connectivity index is 1.45. The summed E-state index contributed by atoms with van der Waals surface area (Å²) in [6, 6.07) is 0.196. The molecule has 0 spiro atoms. The van der Waals surface area contributed by atoms with Crippen molar-refractivity contribution >= 4 is 11.9 Å². The van der Waals surface area contributed by atoms with Crippen molar-refractivity contribution < 1.29 is 14.7 Å². The van der Waals surface area contributed by atoms with Crippen LogP contribution in [0.4, 0.5) is 0 Å². The number of hydrogen-bond acceptors (Lipinski definition) is 3. The van der Waals surface area contributed by atoms with E-state index in [1.165, 1.54) is 31.9 Å². The maximum Gasteiger partial charge on any atom is 0.338 e. The SMILES string of the molecule is O=C(O)c1cnn(C2CCN(C(=O)CCC3CCCC3)CC2)c1. The van der Waals surface area contributed by atoms with Crippen molar-refractivity contribution in [3.63, 3.8) is 0 Å². The van der Waals surface area contributed by atoms with Crippen molar-refractivity contribution in [3.05, 3.63) is 18.0 Å². The molecule has 6 heteroatoms. The third-order valence-corrected chi connectivity index (χ3v) is 5.28. The summed E-state index contributed by atoms with van der Waals surface area (Å²) in [7, 11) is 0. The molecule has 0 aromatic carbocycles. The van der Waals surface area contributed by atoms with Gasteiger partial charge in [0.25, 0.3) is 0 Å². The summed E-state index contributed by atoms with van der Waals surface area (Å²) in [4.78, 5) is 25.2. The minimum atomic E-state index is -0.948. The smallest absolute Gasteiger partial charge is 0.338 e. The number of amides is 1. The minimum absolute atomic E-state index is 0.196. The van der Waals surface area contributed by atoms with Crippen LogP contribution in [0.3, 0.4) is 0 Å². The van der Waals surface area contributed by atoms with Gasteiger partial charge in [0.15, 0.2) is 0 Å². The van der Waals surface area contributed by atoms with Crippen LogP contribution in [0.2, 0.25) is 0 Å². The van der Waals surface area contributed by atoms with Gasteiger partial charge in [-0.2, -0.15) is 5.10 Å². The average molecular weight is 319 g/mol. The topological polar surface area (TPSA) is 75.4 Å². The molecule has 0 radical (unpaired) electrons. The Labute approximate surface area is 136 Å². The summed E-state index contributed by atoms with van der Waals surface area (Å²) < 4.78 is 1.74. The maximum atomic E-state index is 12.3. The Bertz CT molecular complexity index is 555. The number of aromatic carboxylic acids is 1. The molecule has 3 rings (SSSR count). The third kappa shape index (κ3) is 3.92. The predicted molar refractivity (Wildman–Crippen MR) is 85.2 cm³/mol. The van der Waals surface area contributed by atoms with Gasteiger partial charge in [-0.05, 0) is 25.2 Å². The lowest BCUT2D eigenvalue weighted by Crippen LogP contribution is -2.39. The fraction of sp³-hybridized carbons (Fsp3) is 0.706. The van der Waals surface area contributed by atoms with Gasteiger partial charge in [-0.3, -0.25) is 9.48 Å². The molecule has 0 unspecified atom stereocenters. The number of rotatable bonds is 5. The highest BCUT2D eigenvalue weighted by molar-refractivity contribution is 5.86. The molecule has 2 heterocycles. The molecule has 2 aliphatic rings. The molecule has 1 aliphatic heterocycles. The van der Waals surface area contributed by atoms with Crippen LogP contribution in [0.5, 0.6) is 0 Å². The third-order valence-electron chi connectivity index (χ3n) is 5.28. The van der Waals surface area contributed by atoms with E-state index in [2.05, 4.69) is 5.10 Å². The fourth-order valence-corrected chi connectivity index (χ4v) is 3.81. The minimum Gasteiger partial charge on any atom is -0.478 e. The average Bonchev–Trinajstić information content (AvgIpc) is 3.24. The van der Waals surface area contributed by atoms with Gasteiger partial charge in [0.2, 0.25) is 5.91 Å². The van der Waals surface area contributed by atoms with E-state index in [1.807, 2.05) is 4.90 Å². The van der Waals surface area contributed by atoms with Crippen LogP contribution in [-0.4, -0.2) is 44.8 Å². The first-order valence-electron chi connectivity index (χ1n) is 8.68. The van der Waals surface area contributed by atoms with Crippen molar-refractivity contribution in [1.29, 1.82) is 0 Å². The van der Waals surface area contributed by atoms with E-state index in [9.17, 15) is 9.59 Å². The molecule has 1 aromatic rings. The van der Waals surface area contributed by atoms with Gasteiger partial charge >= 0.3 is 5.97 Å². The molecular formula is C17H25N3O3. The summed E-state index contributed by atoms with van der Waals surface area (Å²) in [5, 5.41) is 13.1. The molecule has 1 aliphatic carbocycles. The highest BCUT2D eigenvalue weighted by atomic mass is 16.4. The molecule has 1 saturated heterocycles.